The Labute approximate surface area is 250 Å². The van der Waals surface area contributed by atoms with Crippen molar-refractivity contribution < 1.29 is 41.8 Å². The molecule has 0 aliphatic heterocycles. The number of alkyl halides is 3. The molecule has 4 N–H and O–H groups in total. The zero-order valence-corrected chi connectivity index (χ0v) is 23.4. The van der Waals surface area contributed by atoms with Crippen LogP contribution in [0, 0.1) is 0 Å². The van der Waals surface area contributed by atoms with Gasteiger partial charge in [-0.15, -0.1) is 24.5 Å². The summed E-state index contributed by atoms with van der Waals surface area (Å²) in [5, 5.41) is 16.8. The molecule has 3 heterocycles. The third-order valence-corrected chi connectivity index (χ3v) is 7.73. The van der Waals surface area contributed by atoms with E-state index in [1.807, 2.05) is 36.4 Å². The highest BCUT2D eigenvalue weighted by Crippen LogP contribution is 2.43. The largest absolute Gasteiger partial charge is 0.573 e. The number of benzene rings is 3. The second-order valence-electron chi connectivity index (χ2n) is 9.43. The van der Waals surface area contributed by atoms with Crippen LogP contribution in [0.3, 0.4) is 0 Å². The Morgan fingerprint density at radius 2 is 1.70 bits per heavy atom. The first-order valence-electron chi connectivity index (χ1n) is 12.8. The van der Waals surface area contributed by atoms with Crippen molar-refractivity contribution in [2.45, 2.75) is 6.36 Å². The Morgan fingerprint density at radius 3 is 2.39 bits per heavy atom. The minimum Gasteiger partial charge on any atom is -0.539 e. The van der Waals surface area contributed by atoms with Crippen LogP contribution in [0.5, 0.6) is 17.4 Å². The average molecular weight is 620 g/mol. The molecule has 0 spiro atoms. The van der Waals surface area contributed by atoms with E-state index in [0.29, 0.717) is 32.9 Å². The molecule has 0 saturated carbocycles. The molecule has 14 heteroatoms. The van der Waals surface area contributed by atoms with Crippen LogP contribution in [0.15, 0.2) is 83.4 Å². The van der Waals surface area contributed by atoms with E-state index in [2.05, 4.69) is 10.0 Å². The molecule has 0 radical (unpaired) electrons. The van der Waals surface area contributed by atoms with Crippen molar-refractivity contribution >= 4 is 38.7 Å². The van der Waals surface area contributed by atoms with Crippen LogP contribution in [0.25, 0.3) is 38.3 Å². The summed E-state index contributed by atoms with van der Waals surface area (Å²) in [5.74, 6) is -1.77. The van der Waals surface area contributed by atoms with Gasteiger partial charge in [0.05, 0.1) is 23.8 Å². The lowest BCUT2D eigenvalue weighted by atomic mass is 9.99. The number of methoxy groups -OCH3 is 1. The summed E-state index contributed by atoms with van der Waals surface area (Å²) in [6, 6.07) is 20.6. The quantitative estimate of drug-likeness (QED) is 0.138. The third-order valence-electron chi connectivity index (χ3n) is 6.63. The lowest BCUT2D eigenvalue weighted by Crippen LogP contribution is -2.39. The van der Waals surface area contributed by atoms with Crippen LogP contribution >= 0.6 is 11.3 Å². The van der Waals surface area contributed by atoms with Gasteiger partial charge < -0.3 is 30.6 Å². The van der Waals surface area contributed by atoms with Gasteiger partial charge in [0, 0.05) is 28.8 Å². The molecule has 44 heavy (non-hydrogen) atoms. The molecule has 0 unspecified atom stereocenters. The SMILES string of the molecule is COc1cccc(-c2cc(-c3ccc(N)cc3)nc3sc(C(=O)c4c([O-])on[n+]4-c4ccc(OC(F)(F)F)cc4)c(N)c23)c1. The van der Waals surface area contributed by atoms with Crippen molar-refractivity contribution in [3.63, 3.8) is 0 Å². The van der Waals surface area contributed by atoms with Crippen molar-refractivity contribution in [2.24, 2.45) is 0 Å². The Bertz CT molecular complexity index is 2020. The van der Waals surface area contributed by atoms with Crippen molar-refractivity contribution in [3.05, 3.63) is 89.4 Å². The van der Waals surface area contributed by atoms with E-state index in [4.69, 9.17) is 25.7 Å². The third kappa shape index (κ3) is 5.33. The number of halogens is 3. The van der Waals surface area contributed by atoms with E-state index >= 15 is 0 Å². The summed E-state index contributed by atoms with van der Waals surface area (Å²) in [6.07, 6.45) is -4.89. The minimum atomic E-state index is -4.89. The number of fused-ring (bicyclic) bond motifs is 1. The molecule has 0 atom stereocenters. The normalized spacial score (nSPS) is 11.5. The molecule has 6 aromatic rings. The standard InChI is InChI=1S/C30H20F3N5O5S/c1-41-20-4-2-3-16(13-20)21-14-22(15-5-7-17(34)8-6-15)36-28-23(21)24(35)27(44-28)26(39)25-29(40)43-37-38(25)18-9-11-19(12-10-18)42-30(31,32)33/h2-14H,1H3,(H4-,34,35,36,37,39,40). The van der Waals surface area contributed by atoms with Crippen molar-refractivity contribution in [1.29, 1.82) is 0 Å². The van der Waals surface area contributed by atoms with Crippen LogP contribution in [0.2, 0.25) is 0 Å². The summed E-state index contributed by atoms with van der Waals surface area (Å²) in [5.41, 5.74) is 15.4. The van der Waals surface area contributed by atoms with E-state index in [0.717, 1.165) is 39.3 Å². The highest BCUT2D eigenvalue weighted by molar-refractivity contribution is 7.21. The number of aromatic nitrogens is 3. The molecule has 0 amide bonds. The molecule has 222 valence electrons. The molecule has 0 aliphatic rings. The molecule has 3 aromatic carbocycles. The number of ketones is 1. The monoisotopic (exact) mass is 619 g/mol. The van der Waals surface area contributed by atoms with Crippen LogP contribution in [0.4, 0.5) is 24.5 Å². The summed E-state index contributed by atoms with van der Waals surface area (Å²) in [6.45, 7) is 0. The van der Waals surface area contributed by atoms with Crippen LogP contribution in [-0.2, 0) is 0 Å². The molecule has 10 nitrogen and oxygen atoms in total. The smallest absolute Gasteiger partial charge is 0.539 e. The number of thiophene rings is 1. The van der Waals surface area contributed by atoms with Crippen molar-refractivity contribution in [1.82, 2.24) is 10.3 Å². The fourth-order valence-electron chi connectivity index (χ4n) is 4.62. The summed E-state index contributed by atoms with van der Waals surface area (Å²) < 4.78 is 52.7. The molecule has 3 aromatic heterocycles. The van der Waals surface area contributed by atoms with Gasteiger partial charge in [-0.1, -0.05) is 24.3 Å². The number of hydrogen-bond donors (Lipinski definition) is 2. The first-order valence-corrected chi connectivity index (χ1v) is 13.6. The number of nitrogens with zero attached hydrogens (tertiary/aromatic N) is 3. The molecular weight excluding hydrogens is 599 g/mol. The number of nitrogens with two attached hydrogens (primary N) is 2. The van der Waals surface area contributed by atoms with Gasteiger partial charge >= 0.3 is 12.1 Å². The van der Waals surface area contributed by atoms with Gasteiger partial charge in [-0.3, -0.25) is 4.79 Å². The number of carbonyl (C=O) groups is 1. The maximum Gasteiger partial charge on any atom is 0.573 e. The second kappa shape index (κ2) is 10.9. The van der Waals surface area contributed by atoms with Gasteiger partial charge in [-0.2, -0.15) is 0 Å². The molecule has 0 fully saturated rings. The zero-order valence-electron chi connectivity index (χ0n) is 22.6. The number of nitrogen functional groups attached to an aromatic ring is 2. The number of anilines is 2. The highest BCUT2D eigenvalue weighted by atomic mass is 32.1. The van der Waals surface area contributed by atoms with E-state index in [9.17, 15) is 23.1 Å². The van der Waals surface area contributed by atoms with Crippen LogP contribution in [0.1, 0.15) is 15.4 Å². The first-order chi connectivity index (χ1) is 21.0. The lowest BCUT2D eigenvalue weighted by molar-refractivity contribution is -0.672. The average Bonchev–Trinajstić information content (AvgIpc) is 3.56. The van der Waals surface area contributed by atoms with Gasteiger partial charge in [0.1, 0.15) is 21.2 Å². The molecule has 0 aliphatic carbocycles. The van der Waals surface area contributed by atoms with Gasteiger partial charge in [-0.05, 0) is 58.3 Å². The Balaban J connectivity index is 1.49. The van der Waals surface area contributed by atoms with E-state index in [-0.39, 0.29) is 16.3 Å². The molecule has 0 saturated heterocycles. The van der Waals surface area contributed by atoms with E-state index in [1.165, 1.54) is 12.1 Å². The zero-order chi connectivity index (χ0) is 31.2. The van der Waals surface area contributed by atoms with Crippen molar-refractivity contribution in [3.8, 4) is 45.5 Å². The van der Waals surface area contributed by atoms with E-state index in [1.54, 1.807) is 25.3 Å². The van der Waals surface area contributed by atoms with Crippen LogP contribution < -0.4 is 30.7 Å². The van der Waals surface area contributed by atoms with Gasteiger partial charge in [0.2, 0.25) is 5.69 Å². The lowest BCUT2D eigenvalue weighted by Gasteiger charge is -2.10. The van der Waals surface area contributed by atoms with Gasteiger partial charge in [-0.25, -0.2) is 4.98 Å². The number of hydrogen-bond acceptors (Lipinski definition) is 10. The minimum absolute atomic E-state index is 0.00261. The Kier molecular flexibility index (Phi) is 7.05. The Morgan fingerprint density at radius 1 is 0.977 bits per heavy atom. The maximum atomic E-state index is 13.9. The summed E-state index contributed by atoms with van der Waals surface area (Å²) in [7, 11) is 1.54. The van der Waals surface area contributed by atoms with E-state index < -0.39 is 29.5 Å². The molecular formula is C30H20F3N5O5S. The fourth-order valence-corrected chi connectivity index (χ4v) is 5.68. The fraction of sp³-hybridized carbons (Fsp3) is 0.0667. The van der Waals surface area contributed by atoms with Crippen molar-refractivity contribution in [2.75, 3.05) is 18.6 Å². The maximum absolute atomic E-state index is 13.9. The number of pyridine rings is 1. The molecule has 0 bridgehead atoms. The molecule has 6 rings (SSSR count). The summed E-state index contributed by atoms with van der Waals surface area (Å²) in [4.78, 5) is 19.1. The summed E-state index contributed by atoms with van der Waals surface area (Å²) >= 11 is 0.974. The first kappa shape index (κ1) is 28.5. The predicted octanol–water partition coefficient (Wildman–Crippen LogP) is 5.27. The van der Waals surface area contributed by atoms with Crippen LogP contribution in [-0.4, -0.2) is 29.5 Å². The predicted molar refractivity (Wildman–Crippen MR) is 153 cm³/mol. The second-order valence-corrected chi connectivity index (χ2v) is 10.4. The van der Waals surface area contributed by atoms with Gasteiger partial charge in [0.15, 0.2) is 5.95 Å². The topological polar surface area (TPSA) is 153 Å². The highest BCUT2D eigenvalue weighted by Gasteiger charge is 2.34. The number of ether oxygens (including phenoxy) is 2. The number of carbonyl (C=O) groups excluding carboxylic acids is 1. The number of rotatable bonds is 7. The Hall–Kier alpha value is -5.63. The van der Waals surface area contributed by atoms with Gasteiger partial charge in [0.25, 0.3) is 5.78 Å².